The number of hydrogen-bond acceptors (Lipinski definition) is 5. The van der Waals surface area contributed by atoms with E-state index >= 15 is 0 Å². The Morgan fingerprint density at radius 3 is 2.20 bits per heavy atom. The lowest BCUT2D eigenvalue weighted by atomic mass is 9.49. The number of Topliss-reactive ketones (excluding diaryl/α,β-unsaturated/α-hetero) is 1. The molecule has 0 saturated heterocycles. The minimum atomic E-state index is -1.67. The summed E-state index contributed by atoms with van der Waals surface area (Å²) in [5.74, 6) is -1.61. The molecule has 0 spiro atoms. The van der Waals surface area contributed by atoms with Gasteiger partial charge < -0.3 is 20.4 Å². The minimum absolute atomic E-state index is 0.143. The molecule has 3 saturated carbocycles. The minimum Gasteiger partial charge on any atom is -0.390 e. The maximum atomic E-state index is 12.6. The van der Waals surface area contributed by atoms with Gasteiger partial charge in [-0.25, -0.2) is 0 Å². The van der Waals surface area contributed by atoms with Crippen LogP contribution in [0, 0.1) is 28.6 Å². The van der Waals surface area contributed by atoms with Crippen LogP contribution in [0.1, 0.15) is 34.1 Å². The fourth-order valence-electron chi connectivity index (χ4n) is 5.42. The first-order valence-electron chi connectivity index (χ1n) is 7.32. The van der Waals surface area contributed by atoms with E-state index in [1.165, 1.54) is 0 Å². The highest BCUT2D eigenvalue weighted by Gasteiger charge is 2.80. The number of ketones is 1. The number of hydrogen-bond donors (Lipinski definition) is 4. The number of rotatable bonds is 0. The molecule has 3 rings (SSSR count). The van der Waals surface area contributed by atoms with E-state index < -0.39 is 41.0 Å². The fraction of sp³-hybridized carbons (Fsp3) is 0.933. The molecule has 0 aliphatic heterocycles. The van der Waals surface area contributed by atoms with Crippen LogP contribution in [0.3, 0.4) is 0 Å². The van der Waals surface area contributed by atoms with Gasteiger partial charge in [-0.15, -0.1) is 0 Å². The van der Waals surface area contributed by atoms with Gasteiger partial charge in [0.1, 0.15) is 11.7 Å². The molecule has 0 bridgehead atoms. The van der Waals surface area contributed by atoms with Gasteiger partial charge in [0.15, 0.2) is 5.78 Å². The Labute approximate surface area is 118 Å². The van der Waals surface area contributed by atoms with Crippen molar-refractivity contribution in [3.63, 3.8) is 0 Å². The van der Waals surface area contributed by atoms with Gasteiger partial charge in [-0.2, -0.15) is 0 Å². The van der Waals surface area contributed by atoms with E-state index in [-0.39, 0.29) is 17.3 Å². The summed E-state index contributed by atoms with van der Waals surface area (Å²) in [4.78, 5) is 12.6. The molecule has 0 aromatic heterocycles. The quantitative estimate of drug-likeness (QED) is 0.490. The maximum Gasteiger partial charge on any atom is 0.173 e. The van der Waals surface area contributed by atoms with E-state index in [0.29, 0.717) is 0 Å². The Morgan fingerprint density at radius 2 is 1.70 bits per heavy atom. The van der Waals surface area contributed by atoms with E-state index in [1.807, 2.05) is 13.8 Å². The van der Waals surface area contributed by atoms with Crippen LogP contribution in [-0.4, -0.2) is 50.1 Å². The van der Waals surface area contributed by atoms with Crippen LogP contribution < -0.4 is 0 Å². The van der Waals surface area contributed by atoms with Crippen LogP contribution in [0.25, 0.3) is 0 Å². The zero-order chi connectivity index (χ0) is 15.2. The molecule has 5 nitrogen and oxygen atoms in total. The van der Waals surface area contributed by atoms with Gasteiger partial charge >= 0.3 is 0 Å². The summed E-state index contributed by atoms with van der Waals surface area (Å²) in [6.45, 7) is 7.27. The molecule has 0 radical (unpaired) electrons. The molecule has 0 amide bonds. The Morgan fingerprint density at radius 1 is 1.15 bits per heavy atom. The summed E-state index contributed by atoms with van der Waals surface area (Å²) in [6.07, 6.45) is -3.14. The smallest absolute Gasteiger partial charge is 0.173 e. The second-order valence-electron chi connectivity index (χ2n) is 7.89. The average Bonchev–Trinajstić information content (AvgIpc) is 2.52. The van der Waals surface area contributed by atoms with Crippen molar-refractivity contribution in [2.24, 2.45) is 28.6 Å². The molecule has 4 N–H and O–H groups in total. The number of carbonyl (C=O) groups excluding carboxylic acids is 1. The lowest BCUT2D eigenvalue weighted by molar-refractivity contribution is -0.222. The third-order valence-electron chi connectivity index (χ3n) is 6.76. The van der Waals surface area contributed by atoms with Crippen molar-refractivity contribution in [3.05, 3.63) is 0 Å². The molecule has 5 heteroatoms. The molecule has 0 aromatic rings. The summed E-state index contributed by atoms with van der Waals surface area (Å²) in [5.41, 5.74) is -3.01. The summed E-state index contributed by atoms with van der Waals surface area (Å²) >= 11 is 0. The fourth-order valence-corrected chi connectivity index (χ4v) is 5.42. The summed E-state index contributed by atoms with van der Waals surface area (Å²) in [6, 6.07) is 0. The van der Waals surface area contributed by atoms with Crippen LogP contribution >= 0.6 is 0 Å². The zero-order valence-corrected chi connectivity index (χ0v) is 12.4. The van der Waals surface area contributed by atoms with Crippen molar-refractivity contribution in [1.29, 1.82) is 0 Å². The highest BCUT2D eigenvalue weighted by molar-refractivity contribution is 5.92. The number of aliphatic hydroxyl groups excluding tert-OH is 3. The summed E-state index contributed by atoms with van der Waals surface area (Å²) in [7, 11) is 0. The Balaban J connectivity index is 2.16. The lowest BCUT2D eigenvalue weighted by Crippen LogP contribution is -2.69. The molecule has 3 aliphatic rings. The number of fused-ring (bicyclic) bond motifs is 3. The van der Waals surface area contributed by atoms with Crippen molar-refractivity contribution in [3.8, 4) is 0 Å². The molecule has 3 fully saturated rings. The van der Waals surface area contributed by atoms with Gasteiger partial charge in [-0.1, -0.05) is 20.8 Å². The second kappa shape index (κ2) is 3.64. The highest BCUT2D eigenvalue weighted by Crippen LogP contribution is 2.71. The van der Waals surface area contributed by atoms with Gasteiger partial charge in [0, 0.05) is 5.92 Å². The van der Waals surface area contributed by atoms with Gasteiger partial charge in [0.2, 0.25) is 0 Å². The number of carbonyl (C=O) groups is 1. The first kappa shape index (κ1) is 14.4. The third-order valence-corrected chi connectivity index (χ3v) is 6.76. The van der Waals surface area contributed by atoms with Crippen molar-refractivity contribution in [2.45, 2.75) is 58.0 Å². The zero-order valence-electron chi connectivity index (χ0n) is 12.4. The first-order valence-corrected chi connectivity index (χ1v) is 7.32. The maximum absolute atomic E-state index is 12.6. The number of aliphatic hydroxyl groups is 4. The molecular formula is C15H24O5. The van der Waals surface area contributed by atoms with E-state index in [2.05, 4.69) is 0 Å². The average molecular weight is 284 g/mol. The van der Waals surface area contributed by atoms with Crippen molar-refractivity contribution >= 4 is 5.78 Å². The molecular weight excluding hydrogens is 260 g/mol. The largest absolute Gasteiger partial charge is 0.390 e. The Bertz CT molecular complexity index is 475. The molecule has 0 unspecified atom stereocenters. The standard InChI is InChI=1S/C15H24O5/c1-6-9(16)10(17)12(19)14(4)7-5-13(2,3)8(7)11(18)15(6,14)20/h6-11,16-18,20H,5H2,1-4H3/t6-,7+,8-,9-,10-,11+,14+,15-/m1/s1. The SMILES string of the molecule is C[C@@H]1[C@@H](O)[C@@H](O)C(=O)[C@]2(C)[C@H]3CC(C)(C)[C@H]3[C@H](O)[C@]12O. The molecule has 20 heavy (non-hydrogen) atoms. The van der Waals surface area contributed by atoms with Gasteiger partial charge in [-0.05, 0) is 30.6 Å². The molecule has 8 atom stereocenters. The second-order valence-corrected chi connectivity index (χ2v) is 7.89. The third kappa shape index (κ3) is 1.18. The van der Waals surface area contributed by atoms with Crippen molar-refractivity contribution in [2.75, 3.05) is 0 Å². The summed E-state index contributed by atoms with van der Waals surface area (Å²) in [5, 5.41) is 41.8. The molecule has 3 aliphatic carbocycles. The van der Waals surface area contributed by atoms with Crippen LogP contribution in [0.2, 0.25) is 0 Å². The highest BCUT2D eigenvalue weighted by atomic mass is 16.4. The molecule has 0 aromatic carbocycles. The van der Waals surface area contributed by atoms with Crippen molar-refractivity contribution < 1.29 is 25.2 Å². The van der Waals surface area contributed by atoms with E-state index in [9.17, 15) is 25.2 Å². The van der Waals surface area contributed by atoms with Crippen LogP contribution in [0.4, 0.5) is 0 Å². The van der Waals surface area contributed by atoms with Crippen molar-refractivity contribution in [1.82, 2.24) is 0 Å². The monoisotopic (exact) mass is 284 g/mol. The van der Waals surface area contributed by atoms with Crippen LogP contribution in [-0.2, 0) is 4.79 Å². The first-order chi connectivity index (χ1) is 9.01. The lowest BCUT2D eigenvalue weighted by Gasteiger charge is -2.55. The molecule has 0 heterocycles. The van der Waals surface area contributed by atoms with Gasteiger partial charge in [-0.3, -0.25) is 4.79 Å². The summed E-state index contributed by atoms with van der Waals surface area (Å²) < 4.78 is 0. The predicted octanol–water partition coefficient (Wildman–Crippen LogP) is -0.299. The molecule has 114 valence electrons. The van der Waals surface area contributed by atoms with Gasteiger partial charge in [0.05, 0.1) is 17.6 Å². The topological polar surface area (TPSA) is 98.0 Å². The van der Waals surface area contributed by atoms with Gasteiger partial charge in [0.25, 0.3) is 0 Å². The van der Waals surface area contributed by atoms with E-state index in [4.69, 9.17) is 0 Å². The normalized spacial score (nSPS) is 60.7. The Kier molecular flexibility index (Phi) is 2.63. The van der Waals surface area contributed by atoms with Crippen LogP contribution in [0.15, 0.2) is 0 Å². The predicted molar refractivity (Wildman–Crippen MR) is 70.6 cm³/mol. The van der Waals surface area contributed by atoms with E-state index in [0.717, 1.165) is 6.42 Å². The van der Waals surface area contributed by atoms with Crippen LogP contribution in [0.5, 0.6) is 0 Å². The Hall–Kier alpha value is -0.490. The van der Waals surface area contributed by atoms with E-state index in [1.54, 1.807) is 13.8 Å².